The summed E-state index contributed by atoms with van der Waals surface area (Å²) in [5.41, 5.74) is 0.797. The van der Waals surface area contributed by atoms with Gasteiger partial charge in [-0.1, -0.05) is 26.0 Å². The fourth-order valence-corrected chi connectivity index (χ4v) is 2.59. The van der Waals surface area contributed by atoms with Crippen molar-refractivity contribution in [3.05, 3.63) is 35.6 Å². The van der Waals surface area contributed by atoms with Crippen LogP contribution in [-0.2, 0) is 4.79 Å². The molecule has 1 amide bonds. The van der Waals surface area contributed by atoms with Gasteiger partial charge < -0.3 is 5.32 Å². The highest BCUT2D eigenvalue weighted by Crippen LogP contribution is 2.19. The Morgan fingerprint density at radius 2 is 1.90 bits per heavy atom. The second kappa shape index (κ2) is 8.27. The maximum Gasteiger partial charge on any atom is 0.241 e. The van der Waals surface area contributed by atoms with E-state index < -0.39 is 0 Å². The number of carbonyl (C=O) groups is 1. The van der Waals surface area contributed by atoms with E-state index in [1.165, 1.54) is 12.1 Å². The summed E-state index contributed by atoms with van der Waals surface area (Å²) in [6, 6.07) is 5.69. The van der Waals surface area contributed by atoms with Crippen LogP contribution < -0.4 is 5.32 Å². The summed E-state index contributed by atoms with van der Waals surface area (Å²) < 4.78 is 13.0. The van der Waals surface area contributed by atoms with E-state index in [2.05, 4.69) is 19.2 Å². The lowest BCUT2D eigenvalue weighted by atomic mass is 10.1. The first-order valence-corrected chi connectivity index (χ1v) is 7.78. The summed E-state index contributed by atoms with van der Waals surface area (Å²) in [6.45, 7) is 4.91. The van der Waals surface area contributed by atoms with Gasteiger partial charge in [-0.25, -0.2) is 4.39 Å². The Hall–Kier alpha value is -1.07. The fraction of sp³-hybridized carbons (Fsp3) is 0.533. The number of thioether (sulfide) groups is 1. The molecule has 0 aliphatic heterocycles. The highest BCUT2D eigenvalue weighted by atomic mass is 32.2. The lowest BCUT2D eigenvalue weighted by Gasteiger charge is -2.24. The van der Waals surface area contributed by atoms with Crippen molar-refractivity contribution in [1.82, 2.24) is 10.2 Å². The molecule has 3 nitrogen and oxygen atoms in total. The van der Waals surface area contributed by atoms with Crippen molar-refractivity contribution in [1.29, 1.82) is 0 Å². The zero-order valence-electron chi connectivity index (χ0n) is 12.5. The van der Waals surface area contributed by atoms with Gasteiger partial charge in [0.1, 0.15) is 11.9 Å². The Morgan fingerprint density at radius 1 is 1.30 bits per heavy atom. The number of benzene rings is 1. The molecule has 0 bridgehead atoms. The molecule has 0 radical (unpaired) electrons. The highest BCUT2D eigenvalue weighted by molar-refractivity contribution is 7.99. The van der Waals surface area contributed by atoms with Gasteiger partial charge in [-0.3, -0.25) is 9.69 Å². The minimum atomic E-state index is -0.389. The number of nitrogens with zero attached hydrogens (tertiary/aromatic N) is 1. The van der Waals surface area contributed by atoms with Crippen molar-refractivity contribution < 1.29 is 9.18 Å². The largest absolute Gasteiger partial charge is 0.354 e. The Morgan fingerprint density at radius 3 is 2.40 bits per heavy atom. The van der Waals surface area contributed by atoms with Crippen LogP contribution in [0.2, 0.25) is 0 Å². The molecule has 0 fully saturated rings. The summed E-state index contributed by atoms with van der Waals surface area (Å²) >= 11 is 1.81. The number of amides is 1. The van der Waals surface area contributed by atoms with Crippen LogP contribution in [0.4, 0.5) is 4.39 Å². The minimum Gasteiger partial charge on any atom is -0.354 e. The zero-order chi connectivity index (χ0) is 15.1. The first-order chi connectivity index (χ1) is 9.41. The van der Waals surface area contributed by atoms with Gasteiger partial charge in [0.15, 0.2) is 0 Å². The summed E-state index contributed by atoms with van der Waals surface area (Å²) in [7, 11) is 3.69. The number of hydrogen-bond donors (Lipinski definition) is 1. The number of nitrogens with one attached hydrogen (secondary N) is 1. The Balaban J connectivity index is 2.62. The summed E-state index contributed by atoms with van der Waals surface area (Å²) in [5, 5.41) is 3.50. The van der Waals surface area contributed by atoms with Crippen molar-refractivity contribution in [3.8, 4) is 0 Å². The molecule has 0 saturated carbocycles. The molecule has 20 heavy (non-hydrogen) atoms. The molecule has 0 heterocycles. The summed E-state index contributed by atoms with van der Waals surface area (Å²) in [6.07, 6.45) is 0. The van der Waals surface area contributed by atoms with Gasteiger partial charge in [0.25, 0.3) is 0 Å². The number of halogens is 1. The van der Waals surface area contributed by atoms with Crippen LogP contribution in [0.5, 0.6) is 0 Å². The average molecular weight is 298 g/mol. The molecule has 0 aliphatic carbocycles. The van der Waals surface area contributed by atoms with Crippen LogP contribution in [0.25, 0.3) is 0 Å². The Kier molecular flexibility index (Phi) is 7.02. The molecule has 1 rings (SSSR count). The van der Waals surface area contributed by atoms with Crippen molar-refractivity contribution in [2.75, 3.05) is 26.4 Å². The van der Waals surface area contributed by atoms with E-state index in [-0.39, 0.29) is 17.8 Å². The van der Waals surface area contributed by atoms with Gasteiger partial charge in [0.2, 0.25) is 5.91 Å². The molecule has 1 aromatic carbocycles. The Bertz CT molecular complexity index is 420. The molecule has 0 saturated heterocycles. The topological polar surface area (TPSA) is 32.3 Å². The molecule has 0 aromatic heterocycles. The van der Waals surface area contributed by atoms with E-state index in [1.54, 1.807) is 12.1 Å². The lowest BCUT2D eigenvalue weighted by molar-refractivity contribution is -0.125. The summed E-state index contributed by atoms with van der Waals surface area (Å²) in [5.74, 6) is 0.554. The molecule has 0 spiro atoms. The molecule has 0 aliphatic rings. The van der Waals surface area contributed by atoms with Crippen LogP contribution in [0.3, 0.4) is 0 Å². The highest BCUT2D eigenvalue weighted by Gasteiger charge is 2.22. The van der Waals surface area contributed by atoms with E-state index in [1.807, 2.05) is 30.8 Å². The van der Waals surface area contributed by atoms with E-state index in [9.17, 15) is 9.18 Å². The van der Waals surface area contributed by atoms with Gasteiger partial charge >= 0.3 is 0 Å². The van der Waals surface area contributed by atoms with E-state index in [4.69, 9.17) is 0 Å². The predicted octanol–water partition coefficient (Wildman–Crippen LogP) is 2.69. The normalized spacial score (nSPS) is 12.8. The standard InChI is InChI=1S/C15H23FN2OS/c1-11(2)20-10-9-17-15(19)14(18(3)4)12-5-7-13(16)8-6-12/h5-8,11,14H,9-10H2,1-4H3,(H,17,19)/t14-/m1/s1. The second-order valence-electron chi connectivity index (χ2n) is 5.13. The van der Waals surface area contributed by atoms with Crippen molar-refractivity contribution in [3.63, 3.8) is 0 Å². The molecule has 1 atom stereocenters. The molecule has 1 aromatic rings. The number of carbonyl (C=O) groups excluding carboxylic acids is 1. The number of rotatable bonds is 7. The molecule has 112 valence electrons. The molecule has 5 heteroatoms. The second-order valence-corrected chi connectivity index (χ2v) is 6.81. The predicted molar refractivity (Wildman–Crippen MR) is 83.4 cm³/mol. The van der Waals surface area contributed by atoms with Crippen LogP contribution >= 0.6 is 11.8 Å². The minimum absolute atomic E-state index is 0.0500. The molecule has 0 unspecified atom stereocenters. The average Bonchev–Trinajstić information content (AvgIpc) is 2.36. The smallest absolute Gasteiger partial charge is 0.241 e. The van der Waals surface area contributed by atoms with Crippen LogP contribution in [0, 0.1) is 5.82 Å². The quantitative estimate of drug-likeness (QED) is 0.786. The van der Waals surface area contributed by atoms with Gasteiger partial charge in [-0.15, -0.1) is 0 Å². The molecular formula is C15H23FN2OS. The van der Waals surface area contributed by atoms with Crippen molar-refractivity contribution >= 4 is 17.7 Å². The zero-order valence-corrected chi connectivity index (χ0v) is 13.3. The first kappa shape index (κ1) is 17.0. The van der Waals surface area contributed by atoms with Gasteiger partial charge in [-0.05, 0) is 37.0 Å². The lowest BCUT2D eigenvalue weighted by Crippen LogP contribution is -2.38. The van der Waals surface area contributed by atoms with E-state index >= 15 is 0 Å². The van der Waals surface area contributed by atoms with E-state index in [0.29, 0.717) is 11.8 Å². The number of likely N-dealkylation sites (N-methyl/N-ethyl adjacent to an activating group) is 1. The maximum atomic E-state index is 13.0. The molecular weight excluding hydrogens is 275 g/mol. The monoisotopic (exact) mass is 298 g/mol. The SMILES string of the molecule is CC(C)SCCNC(=O)[C@@H](c1ccc(F)cc1)N(C)C. The van der Waals surface area contributed by atoms with Crippen molar-refractivity contribution in [2.24, 2.45) is 0 Å². The Labute approximate surface area is 124 Å². The first-order valence-electron chi connectivity index (χ1n) is 6.73. The van der Waals surface area contributed by atoms with E-state index in [0.717, 1.165) is 11.3 Å². The van der Waals surface area contributed by atoms with Crippen molar-refractivity contribution in [2.45, 2.75) is 25.1 Å². The van der Waals surface area contributed by atoms with Gasteiger partial charge in [-0.2, -0.15) is 11.8 Å². The van der Waals surface area contributed by atoms with Crippen LogP contribution in [0.15, 0.2) is 24.3 Å². The third-order valence-electron chi connectivity index (χ3n) is 2.80. The summed E-state index contributed by atoms with van der Waals surface area (Å²) in [4.78, 5) is 14.1. The maximum absolute atomic E-state index is 13.0. The molecule has 1 N–H and O–H groups in total. The van der Waals surface area contributed by atoms with Gasteiger partial charge in [0.05, 0.1) is 0 Å². The number of hydrogen-bond acceptors (Lipinski definition) is 3. The third-order valence-corrected chi connectivity index (χ3v) is 3.91. The third kappa shape index (κ3) is 5.51. The van der Waals surface area contributed by atoms with Crippen LogP contribution in [0.1, 0.15) is 25.5 Å². The van der Waals surface area contributed by atoms with Crippen LogP contribution in [-0.4, -0.2) is 42.4 Å². The fourth-order valence-electron chi connectivity index (χ4n) is 1.89. The van der Waals surface area contributed by atoms with Gasteiger partial charge in [0, 0.05) is 12.3 Å².